The molecular weight excluding hydrogens is 270 g/mol. The standard InChI is InChI=1S/C15H21N3OS/c1-11(15(19)18-9-3-2-4-10-18)17-13-7-5-12(6-8-13)14(16)20/h5-8,11,17H,2-4,9-10H2,1H3,(H2,16,20). The molecule has 5 heteroatoms. The zero-order valence-electron chi connectivity index (χ0n) is 11.8. The highest BCUT2D eigenvalue weighted by atomic mass is 32.1. The van der Waals surface area contributed by atoms with Gasteiger partial charge in [-0.1, -0.05) is 12.2 Å². The van der Waals surface area contributed by atoms with Gasteiger partial charge in [0.2, 0.25) is 5.91 Å². The van der Waals surface area contributed by atoms with E-state index in [-0.39, 0.29) is 11.9 Å². The fraction of sp³-hybridized carbons (Fsp3) is 0.467. The van der Waals surface area contributed by atoms with Crippen LogP contribution >= 0.6 is 12.2 Å². The molecule has 1 aromatic rings. The minimum atomic E-state index is -0.219. The van der Waals surface area contributed by atoms with Gasteiger partial charge in [0.15, 0.2) is 0 Å². The summed E-state index contributed by atoms with van der Waals surface area (Å²) >= 11 is 4.92. The number of anilines is 1. The van der Waals surface area contributed by atoms with E-state index in [9.17, 15) is 4.79 Å². The van der Waals surface area contributed by atoms with Crippen molar-refractivity contribution in [3.05, 3.63) is 29.8 Å². The van der Waals surface area contributed by atoms with Crippen molar-refractivity contribution in [3.63, 3.8) is 0 Å². The molecule has 1 aliphatic heterocycles. The van der Waals surface area contributed by atoms with Crippen molar-refractivity contribution in [3.8, 4) is 0 Å². The van der Waals surface area contributed by atoms with Crippen LogP contribution in [0.3, 0.4) is 0 Å². The normalized spacial score (nSPS) is 16.6. The number of hydrogen-bond acceptors (Lipinski definition) is 3. The maximum absolute atomic E-state index is 12.3. The zero-order chi connectivity index (χ0) is 14.5. The molecule has 0 aromatic heterocycles. The molecule has 20 heavy (non-hydrogen) atoms. The Kier molecular flexibility index (Phi) is 4.95. The van der Waals surface area contributed by atoms with Gasteiger partial charge in [0, 0.05) is 24.3 Å². The summed E-state index contributed by atoms with van der Waals surface area (Å²) in [5.41, 5.74) is 7.30. The third-order valence-electron chi connectivity index (χ3n) is 3.59. The number of benzene rings is 1. The average Bonchev–Trinajstić information content (AvgIpc) is 2.48. The molecule has 1 aromatic carbocycles. The fourth-order valence-electron chi connectivity index (χ4n) is 2.43. The van der Waals surface area contributed by atoms with Gasteiger partial charge in [-0.25, -0.2) is 0 Å². The highest BCUT2D eigenvalue weighted by Crippen LogP contribution is 2.14. The van der Waals surface area contributed by atoms with Gasteiger partial charge in [0.1, 0.15) is 11.0 Å². The second kappa shape index (κ2) is 6.70. The van der Waals surface area contributed by atoms with Crippen LogP contribution in [0.25, 0.3) is 0 Å². The van der Waals surface area contributed by atoms with E-state index in [2.05, 4.69) is 5.32 Å². The van der Waals surface area contributed by atoms with E-state index in [1.807, 2.05) is 36.1 Å². The van der Waals surface area contributed by atoms with Crippen LogP contribution in [0.2, 0.25) is 0 Å². The Hall–Kier alpha value is -1.62. The number of likely N-dealkylation sites (tertiary alicyclic amines) is 1. The monoisotopic (exact) mass is 291 g/mol. The number of hydrogen-bond donors (Lipinski definition) is 2. The Labute approximate surface area is 125 Å². The molecule has 0 radical (unpaired) electrons. The number of piperidine rings is 1. The van der Waals surface area contributed by atoms with Crippen molar-refractivity contribution in [2.45, 2.75) is 32.2 Å². The summed E-state index contributed by atoms with van der Waals surface area (Å²) in [6.07, 6.45) is 3.45. The molecule has 0 saturated carbocycles. The lowest BCUT2D eigenvalue weighted by molar-refractivity contribution is -0.132. The predicted molar refractivity (Wildman–Crippen MR) is 85.8 cm³/mol. The summed E-state index contributed by atoms with van der Waals surface area (Å²) in [6.45, 7) is 3.66. The summed E-state index contributed by atoms with van der Waals surface area (Å²) in [7, 11) is 0. The van der Waals surface area contributed by atoms with E-state index in [0.29, 0.717) is 4.99 Å². The van der Waals surface area contributed by atoms with Gasteiger partial charge in [-0.15, -0.1) is 0 Å². The number of carbonyl (C=O) groups is 1. The fourth-order valence-corrected chi connectivity index (χ4v) is 2.57. The maximum Gasteiger partial charge on any atom is 0.244 e. The Bertz CT molecular complexity index is 480. The van der Waals surface area contributed by atoms with Gasteiger partial charge in [-0.3, -0.25) is 4.79 Å². The van der Waals surface area contributed by atoms with E-state index < -0.39 is 0 Å². The summed E-state index contributed by atoms with van der Waals surface area (Å²) in [4.78, 5) is 14.6. The van der Waals surface area contributed by atoms with Crippen LogP contribution < -0.4 is 11.1 Å². The van der Waals surface area contributed by atoms with Gasteiger partial charge >= 0.3 is 0 Å². The van der Waals surface area contributed by atoms with Gasteiger partial charge in [-0.2, -0.15) is 0 Å². The quantitative estimate of drug-likeness (QED) is 0.834. The number of carbonyl (C=O) groups excluding carboxylic acids is 1. The van der Waals surface area contributed by atoms with Crippen LogP contribution in [-0.4, -0.2) is 34.9 Å². The highest BCUT2D eigenvalue weighted by Gasteiger charge is 2.21. The van der Waals surface area contributed by atoms with Crippen molar-refractivity contribution in [1.29, 1.82) is 0 Å². The van der Waals surface area contributed by atoms with Crippen LogP contribution in [0.4, 0.5) is 5.69 Å². The summed E-state index contributed by atoms with van der Waals surface area (Å²) in [6, 6.07) is 7.30. The third-order valence-corrected chi connectivity index (χ3v) is 3.83. The minimum Gasteiger partial charge on any atom is -0.389 e. The molecule has 108 valence electrons. The van der Waals surface area contributed by atoms with Crippen molar-refractivity contribution >= 4 is 28.8 Å². The Morgan fingerprint density at radius 3 is 2.40 bits per heavy atom. The Morgan fingerprint density at radius 1 is 1.25 bits per heavy atom. The smallest absolute Gasteiger partial charge is 0.244 e. The van der Waals surface area contributed by atoms with Gasteiger partial charge < -0.3 is 16.0 Å². The first-order chi connectivity index (χ1) is 9.58. The van der Waals surface area contributed by atoms with Crippen molar-refractivity contribution in [1.82, 2.24) is 4.90 Å². The largest absolute Gasteiger partial charge is 0.389 e. The molecule has 0 bridgehead atoms. The topological polar surface area (TPSA) is 58.4 Å². The lowest BCUT2D eigenvalue weighted by Crippen LogP contribution is -2.43. The number of nitrogens with one attached hydrogen (secondary N) is 1. The van der Waals surface area contributed by atoms with Gasteiger partial charge in [0.25, 0.3) is 0 Å². The molecule has 1 unspecified atom stereocenters. The SMILES string of the molecule is CC(Nc1ccc(C(N)=S)cc1)C(=O)N1CCCCC1. The zero-order valence-corrected chi connectivity index (χ0v) is 12.6. The molecule has 0 spiro atoms. The van der Waals surface area contributed by atoms with Gasteiger partial charge in [0.05, 0.1) is 0 Å². The number of rotatable bonds is 4. The molecule has 1 atom stereocenters. The van der Waals surface area contributed by atoms with Crippen molar-refractivity contribution < 1.29 is 4.79 Å². The molecule has 2 rings (SSSR count). The summed E-state index contributed by atoms with van der Waals surface area (Å²) in [5, 5.41) is 3.23. The Morgan fingerprint density at radius 2 is 1.85 bits per heavy atom. The van der Waals surface area contributed by atoms with Crippen molar-refractivity contribution in [2.24, 2.45) is 5.73 Å². The van der Waals surface area contributed by atoms with E-state index in [0.717, 1.165) is 37.2 Å². The lowest BCUT2D eigenvalue weighted by atomic mass is 10.1. The van der Waals surface area contributed by atoms with E-state index >= 15 is 0 Å². The summed E-state index contributed by atoms with van der Waals surface area (Å²) < 4.78 is 0. The molecule has 1 saturated heterocycles. The first-order valence-electron chi connectivity index (χ1n) is 7.03. The number of nitrogens with zero attached hydrogens (tertiary/aromatic N) is 1. The molecule has 4 nitrogen and oxygen atoms in total. The predicted octanol–water partition coefficient (Wildman–Crippen LogP) is 2.13. The molecular formula is C15H21N3OS. The van der Waals surface area contributed by atoms with Crippen LogP contribution in [-0.2, 0) is 4.79 Å². The van der Waals surface area contributed by atoms with Crippen molar-refractivity contribution in [2.75, 3.05) is 18.4 Å². The highest BCUT2D eigenvalue weighted by molar-refractivity contribution is 7.80. The van der Waals surface area contributed by atoms with Gasteiger partial charge in [-0.05, 0) is 50.5 Å². The second-order valence-electron chi connectivity index (χ2n) is 5.19. The van der Waals surface area contributed by atoms with Crippen LogP contribution in [0.5, 0.6) is 0 Å². The van der Waals surface area contributed by atoms with Crippen LogP contribution in [0, 0.1) is 0 Å². The van der Waals surface area contributed by atoms with E-state index in [4.69, 9.17) is 18.0 Å². The van der Waals surface area contributed by atoms with Crippen LogP contribution in [0.15, 0.2) is 24.3 Å². The van der Waals surface area contributed by atoms with E-state index in [1.54, 1.807) is 0 Å². The third kappa shape index (κ3) is 3.70. The minimum absolute atomic E-state index is 0.170. The average molecular weight is 291 g/mol. The number of nitrogens with two attached hydrogens (primary N) is 1. The Balaban J connectivity index is 1.94. The number of thiocarbonyl (C=S) groups is 1. The first-order valence-corrected chi connectivity index (χ1v) is 7.44. The molecule has 0 aliphatic carbocycles. The molecule has 3 N–H and O–H groups in total. The first kappa shape index (κ1) is 14.8. The maximum atomic E-state index is 12.3. The molecule has 1 aliphatic rings. The molecule has 1 heterocycles. The molecule has 1 fully saturated rings. The molecule has 1 amide bonds. The number of amides is 1. The lowest BCUT2D eigenvalue weighted by Gasteiger charge is -2.29. The van der Waals surface area contributed by atoms with Crippen LogP contribution in [0.1, 0.15) is 31.7 Å². The second-order valence-corrected chi connectivity index (χ2v) is 5.63. The van der Waals surface area contributed by atoms with E-state index in [1.165, 1.54) is 6.42 Å². The summed E-state index contributed by atoms with van der Waals surface area (Å²) in [5.74, 6) is 0.170.